The second kappa shape index (κ2) is 4.08. The first-order chi connectivity index (χ1) is 8.66. The maximum atomic E-state index is 13.5. The molecule has 0 amide bonds. The summed E-state index contributed by atoms with van der Waals surface area (Å²) in [6.07, 6.45) is 5.25. The van der Waals surface area contributed by atoms with Crippen LogP contribution in [0.4, 0.5) is 8.78 Å². The van der Waals surface area contributed by atoms with Gasteiger partial charge in [-0.25, -0.2) is 13.6 Å². The van der Waals surface area contributed by atoms with Crippen molar-refractivity contribution in [3.8, 4) is 0 Å². The van der Waals surface area contributed by atoms with E-state index in [0.29, 0.717) is 0 Å². The number of benzene rings is 1. The summed E-state index contributed by atoms with van der Waals surface area (Å²) in [5.74, 6) is -1.25. The van der Waals surface area contributed by atoms with E-state index in [1.54, 1.807) is 17.0 Å². The van der Waals surface area contributed by atoms with E-state index in [-0.39, 0.29) is 23.8 Å². The monoisotopic (exact) mass is 250 g/mol. The highest BCUT2D eigenvalue weighted by Gasteiger charge is 2.25. The number of halogens is 2. The smallest absolute Gasteiger partial charge is 0.296 e. The summed E-state index contributed by atoms with van der Waals surface area (Å²) in [6, 6.07) is 3.97. The highest BCUT2D eigenvalue weighted by atomic mass is 19.1. The molecule has 2 aromatic rings. The Morgan fingerprint density at radius 3 is 2.44 bits per heavy atom. The van der Waals surface area contributed by atoms with Crippen LogP contribution in [0, 0.1) is 11.6 Å². The molecular formula is C13H12F2N2O. The van der Waals surface area contributed by atoms with Gasteiger partial charge in [-0.3, -0.25) is 9.13 Å². The lowest BCUT2D eigenvalue weighted by atomic mass is 10.2. The Labute approximate surface area is 102 Å². The Hall–Kier alpha value is -1.91. The first-order valence-corrected chi connectivity index (χ1v) is 5.87. The minimum atomic E-state index is -0.624. The lowest BCUT2D eigenvalue weighted by molar-refractivity contribution is 0.538. The van der Waals surface area contributed by atoms with Crippen molar-refractivity contribution in [2.75, 3.05) is 0 Å². The van der Waals surface area contributed by atoms with Gasteiger partial charge < -0.3 is 0 Å². The number of hydrogen-bond donors (Lipinski definition) is 0. The highest BCUT2D eigenvalue weighted by Crippen LogP contribution is 2.33. The normalized spacial score (nSPS) is 15.0. The standard InChI is InChI=1S/C13H12F2N2O/c14-11-2-1-3-12(15)10(11)8-16-6-7-17(13(16)18)9-4-5-9/h1-3,6-7,9H,4-5,8H2. The van der Waals surface area contributed by atoms with Gasteiger partial charge >= 0.3 is 5.69 Å². The average Bonchev–Trinajstić information content (AvgIpc) is 3.11. The van der Waals surface area contributed by atoms with Crippen molar-refractivity contribution in [1.82, 2.24) is 9.13 Å². The zero-order valence-electron chi connectivity index (χ0n) is 9.64. The predicted octanol–water partition coefficient (Wildman–Crippen LogP) is 2.31. The predicted molar refractivity (Wildman–Crippen MR) is 62.4 cm³/mol. The maximum absolute atomic E-state index is 13.5. The topological polar surface area (TPSA) is 26.9 Å². The molecule has 0 atom stereocenters. The van der Waals surface area contributed by atoms with Crippen LogP contribution in [0.25, 0.3) is 0 Å². The second-order valence-electron chi connectivity index (χ2n) is 4.55. The van der Waals surface area contributed by atoms with Crippen molar-refractivity contribution in [3.05, 3.63) is 58.3 Å². The molecule has 1 aliphatic carbocycles. The van der Waals surface area contributed by atoms with Crippen LogP contribution < -0.4 is 5.69 Å². The number of aromatic nitrogens is 2. The third-order valence-corrected chi connectivity index (χ3v) is 3.20. The first kappa shape index (κ1) is 11.2. The average molecular weight is 250 g/mol. The van der Waals surface area contributed by atoms with E-state index in [9.17, 15) is 13.6 Å². The number of rotatable bonds is 3. The van der Waals surface area contributed by atoms with Crippen LogP contribution in [0.3, 0.4) is 0 Å². The van der Waals surface area contributed by atoms with Crippen LogP contribution in [0.1, 0.15) is 24.4 Å². The van der Waals surface area contributed by atoms with Gasteiger partial charge in [0.1, 0.15) is 11.6 Å². The summed E-state index contributed by atoms with van der Waals surface area (Å²) in [5.41, 5.74) is -0.284. The van der Waals surface area contributed by atoms with E-state index < -0.39 is 11.6 Å². The Morgan fingerprint density at radius 1 is 1.17 bits per heavy atom. The Balaban J connectivity index is 1.95. The molecule has 1 aromatic heterocycles. The van der Waals surface area contributed by atoms with Gasteiger partial charge in [0.05, 0.1) is 6.54 Å². The molecule has 3 nitrogen and oxygen atoms in total. The van der Waals surface area contributed by atoms with E-state index in [2.05, 4.69) is 0 Å². The Bertz CT molecular complexity index is 620. The molecule has 0 unspecified atom stereocenters. The third kappa shape index (κ3) is 1.85. The van der Waals surface area contributed by atoms with Crippen LogP contribution >= 0.6 is 0 Å². The van der Waals surface area contributed by atoms with Crippen LogP contribution in [-0.4, -0.2) is 9.13 Å². The van der Waals surface area contributed by atoms with Crippen LogP contribution in [0.15, 0.2) is 35.4 Å². The van der Waals surface area contributed by atoms with E-state index in [1.165, 1.54) is 22.8 Å². The SMILES string of the molecule is O=c1n(Cc2c(F)cccc2F)ccn1C1CC1. The molecule has 0 bridgehead atoms. The van der Waals surface area contributed by atoms with Gasteiger partial charge in [0.25, 0.3) is 0 Å². The van der Waals surface area contributed by atoms with Crippen LogP contribution in [0.5, 0.6) is 0 Å². The van der Waals surface area contributed by atoms with Gasteiger partial charge in [-0.05, 0) is 25.0 Å². The fourth-order valence-electron chi connectivity index (χ4n) is 2.03. The first-order valence-electron chi connectivity index (χ1n) is 5.87. The summed E-state index contributed by atoms with van der Waals surface area (Å²) >= 11 is 0. The minimum absolute atomic E-state index is 0.0724. The van der Waals surface area contributed by atoms with Crippen molar-refractivity contribution in [2.24, 2.45) is 0 Å². The van der Waals surface area contributed by atoms with Crippen LogP contribution in [-0.2, 0) is 6.54 Å². The van der Waals surface area contributed by atoms with Gasteiger partial charge in [-0.15, -0.1) is 0 Å². The van der Waals surface area contributed by atoms with E-state index in [1.807, 2.05) is 0 Å². The molecule has 1 fully saturated rings. The molecule has 3 rings (SSSR count). The molecule has 1 aromatic carbocycles. The number of hydrogen-bond acceptors (Lipinski definition) is 1. The van der Waals surface area contributed by atoms with Crippen molar-refractivity contribution < 1.29 is 8.78 Å². The molecular weight excluding hydrogens is 238 g/mol. The number of nitrogens with zero attached hydrogens (tertiary/aromatic N) is 2. The summed E-state index contributed by atoms with van der Waals surface area (Å²) in [7, 11) is 0. The fraction of sp³-hybridized carbons (Fsp3) is 0.308. The highest BCUT2D eigenvalue weighted by molar-refractivity contribution is 5.20. The summed E-state index contributed by atoms with van der Waals surface area (Å²) < 4.78 is 29.9. The molecule has 18 heavy (non-hydrogen) atoms. The third-order valence-electron chi connectivity index (χ3n) is 3.20. The molecule has 0 radical (unpaired) electrons. The molecule has 0 spiro atoms. The van der Waals surface area contributed by atoms with Crippen molar-refractivity contribution in [3.63, 3.8) is 0 Å². The summed E-state index contributed by atoms with van der Waals surface area (Å²) in [5, 5.41) is 0. The van der Waals surface area contributed by atoms with Crippen molar-refractivity contribution in [2.45, 2.75) is 25.4 Å². The quantitative estimate of drug-likeness (QED) is 0.821. The maximum Gasteiger partial charge on any atom is 0.328 e. The minimum Gasteiger partial charge on any atom is -0.296 e. The Kier molecular flexibility index (Phi) is 2.54. The van der Waals surface area contributed by atoms with Crippen molar-refractivity contribution >= 4 is 0 Å². The van der Waals surface area contributed by atoms with Crippen molar-refractivity contribution in [1.29, 1.82) is 0 Å². The van der Waals surface area contributed by atoms with E-state index in [4.69, 9.17) is 0 Å². The molecule has 0 saturated heterocycles. The van der Waals surface area contributed by atoms with Gasteiger partial charge in [0.15, 0.2) is 0 Å². The van der Waals surface area contributed by atoms with E-state index >= 15 is 0 Å². The molecule has 1 heterocycles. The lowest BCUT2D eigenvalue weighted by Crippen LogP contribution is -2.24. The van der Waals surface area contributed by atoms with Gasteiger partial charge in [-0.2, -0.15) is 0 Å². The molecule has 94 valence electrons. The summed E-state index contributed by atoms with van der Waals surface area (Å²) in [6.45, 7) is -0.0724. The largest absolute Gasteiger partial charge is 0.328 e. The van der Waals surface area contributed by atoms with E-state index in [0.717, 1.165) is 12.8 Å². The molecule has 5 heteroatoms. The Morgan fingerprint density at radius 2 is 1.83 bits per heavy atom. The van der Waals surface area contributed by atoms with Gasteiger partial charge in [-0.1, -0.05) is 6.07 Å². The lowest BCUT2D eigenvalue weighted by Gasteiger charge is -2.05. The molecule has 0 N–H and O–H groups in total. The fourth-order valence-corrected chi connectivity index (χ4v) is 2.03. The number of imidazole rings is 1. The molecule has 1 aliphatic rings. The molecule has 0 aliphatic heterocycles. The molecule has 1 saturated carbocycles. The zero-order chi connectivity index (χ0) is 12.7. The summed E-state index contributed by atoms with van der Waals surface area (Å²) in [4.78, 5) is 12.0. The van der Waals surface area contributed by atoms with Gasteiger partial charge in [0, 0.05) is 24.0 Å². The van der Waals surface area contributed by atoms with Crippen LogP contribution in [0.2, 0.25) is 0 Å². The van der Waals surface area contributed by atoms with Gasteiger partial charge in [0.2, 0.25) is 0 Å². The second-order valence-corrected chi connectivity index (χ2v) is 4.55. The zero-order valence-corrected chi connectivity index (χ0v) is 9.64.